The molecule has 0 aliphatic carbocycles. The minimum atomic E-state index is 0.141. The standard InChI is InChI=1S/C33H30N4O7/c1-5-25(39-17-29-19-41-29)13-21-3-7-27(15-23(1)21)43-32-34-31(37-9-11-38-12-10-37)35-33(36-32)44-28-8-4-22-14-26(6-2-24(22)16-28)40-18-30-20-42-30/h1-8,13-16,29-30H,9-12,17-20H2. The van der Waals surface area contributed by atoms with E-state index in [1.54, 1.807) is 0 Å². The molecule has 11 heteroatoms. The summed E-state index contributed by atoms with van der Waals surface area (Å²) in [5.74, 6) is 3.28. The fourth-order valence-electron chi connectivity index (χ4n) is 4.95. The zero-order valence-corrected chi connectivity index (χ0v) is 23.9. The van der Waals surface area contributed by atoms with Crippen LogP contribution in [-0.4, -0.2) is 79.9 Å². The molecule has 2 atom stereocenters. The summed E-state index contributed by atoms with van der Waals surface area (Å²) in [5, 5.41) is 4.07. The molecule has 0 radical (unpaired) electrons. The highest BCUT2D eigenvalue weighted by Gasteiger charge is 2.24. The van der Waals surface area contributed by atoms with E-state index in [-0.39, 0.29) is 24.2 Å². The molecule has 3 fully saturated rings. The van der Waals surface area contributed by atoms with Crippen molar-refractivity contribution < 1.29 is 33.2 Å². The van der Waals surface area contributed by atoms with Crippen molar-refractivity contribution in [1.82, 2.24) is 15.0 Å². The van der Waals surface area contributed by atoms with Gasteiger partial charge >= 0.3 is 12.0 Å². The zero-order valence-electron chi connectivity index (χ0n) is 23.9. The fraction of sp³-hybridized carbons (Fsp3) is 0.303. The number of rotatable bonds is 11. The van der Waals surface area contributed by atoms with Gasteiger partial charge in [-0.2, -0.15) is 9.97 Å². The van der Waals surface area contributed by atoms with E-state index in [0.29, 0.717) is 57.0 Å². The predicted molar refractivity (Wildman–Crippen MR) is 161 cm³/mol. The quantitative estimate of drug-likeness (QED) is 0.189. The van der Waals surface area contributed by atoms with E-state index in [2.05, 4.69) is 15.0 Å². The van der Waals surface area contributed by atoms with Crippen LogP contribution in [0.3, 0.4) is 0 Å². The molecular weight excluding hydrogens is 564 g/mol. The van der Waals surface area contributed by atoms with Gasteiger partial charge in [-0.25, -0.2) is 0 Å². The predicted octanol–water partition coefficient (Wildman–Crippen LogP) is 5.15. The van der Waals surface area contributed by atoms with Crippen molar-refractivity contribution in [2.75, 3.05) is 57.6 Å². The summed E-state index contributed by atoms with van der Waals surface area (Å²) in [6.07, 6.45) is 0.417. The third-order valence-electron chi connectivity index (χ3n) is 7.54. The van der Waals surface area contributed by atoms with Crippen LogP contribution in [0.25, 0.3) is 21.5 Å². The van der Waals surface area contributed by atoms with Crippen molar-refractivity contribution >= 4 is 27.5 Å². The molecule has 2 unspecified atom stereocenters. The molecule has 0 bridgehead atoms. The molecule has 4 heterocycles. The van der Waals surface area contributed by atoms with E-state index < -0.39 is 0 Å². The number of hydrogen-bond acceptors (Lipinski definition) is 11. The second-order valence-corrected chi connectivity index (χ2v) is 10.9. The van der Waals surface area contributed by atoms with Gasteiger partial charge in [0.05, 0.1) is 26.4 Å². The number of epoxide rings is 2. The van der Waals surface area contributed by atoms with E-state index in [1.807, 2.05) is 77.7 Å². The van der Waals surface area contributed by atoms with Crippen molar-refractivity contribution in [2.45, 2.75) is 12.2 Å². The lowest BCUT2D eigenvalue weighted by atomic mass is 10.1. The Morgan fingerprint density at radius 1 is 0.591 bits per heavy atom. The lowest BCUT2D eigenvalue weighted by Gasteiger charge is -2.26. The van der Waals surface area contributed by atoms with Gasteiger partial charge in [0, 0.05) is 13.1 Å². The summed E-state index contributed by atoms with van der Waals surface area (Å²) >= 11 is 0. The Morgan fingerprint density at radius 3 is 1.48 bits per heavy atom. The van der Waals surface area contributed by atoms with Gasteiger partial charge < -0.3 is 38.1 Å². The minimum absolute atomic E-state index is 0.141. The molecule has 0 N–H and O–H groups in total. The van der Waals surface area contributed by atoms with Crippen LogP contribution < -0.4 is 23.8 Å². The molecule has 0 spiro atoms. The van der Waals surface area contributed by atoms with Crippen LogP contribution in [0.15, 0.2) is 72.8 Å². The third kappa shape index (κ3) is 6.45. The Bertz CT molecular complexity index is 1690. The van der Waals surface area contributed by atoms with E-state index in [9.17, 15) is 0 Å². The highest BCUT2D eigenvalue weighted by molar-refractivity contribution is 5.86. The first-order valence-electron chi connectivity index (χ1n) is 14.7. The number of anilines is 1. The van der Waals surface area contributed by atoms with Crippen molar-refractivity contribution in [3.63, 3.8) is 0 Å². The zero-order chi connectivity index (χ0) is 29.3. The summed E-state index contributed by atoms with van der Waals surface area (Å²) in [6.45, 7) is 5.15. The molecule has 3 saturated heterocycles. The van der Waals surface area contributed by atoms with Crippen LogP contribution in [0.4, 0.5) is 5.95 Å². The van der Waals surface area contributed by atoms with Crippen LogP contribution in [0, 0.1) is 0 Å². The van der Waals surface area contributed by atoms with Gasteiger partial charge in [-0.3, -0.25) is 0 Å². The number of ether oxygens (including phenoxy) is 7. The Labute approximate surface area is 253 Å². The first-order valence-corrected chi connectivity index (χ1v) is 14.7. The van der Waals surface area contributed by atoms with Crippen molar-refractivity contribution in [1.29, 1.82) is 0 Å². The highest BCUT2D eigenvalue weighted by atomic mass is 16.6. The van der Waals surface area contributed by atoms with E-state index >= 15 is 0 Å². The third-order valence-corrected chi connectivity index (χ3v) is 7.54. The molecule has 4 aromatic carbocycles. The largest absolute Gasteiger partial charge is 0.491 e. The van der Waals surface area contributed by atoms with Gasteiger partial charge in [-0.15, -0.1) is 4.98 Å². The summed E-state index contributed by atoms with van der Waals surface area (Å²) in [6, 6.07) is 23.8. The van der Waals surface area contributed by atoms with Gasteiger partial charge in [0.2, 0.25) is 5.95 Å². The maximum atomic E-state index is 6.17. The maximum absolute atomic E-state index is 6.17. The first kappa shape index (κ1) is 26.9. The summed E-state index contributed by atoms with van der Waals surface area (Å²) in [4.78, 5) is 15.8. The smallest absolute Gasteiger partial charge is 0.330 e. The Hall–Kier alpha value is -4.71. The average Bonchev–Trinajstić information content (AvgIpc) is 3.99. The Morgan fingerprint density at radius 2 is 1.02 bits per heavy atom. The molecule has 0 amide bonds. The van der Waals surface area contributed by atoms with Crippen LogP contribution in [-0.2, 0) is 14.2 Å². The topological polar surface area (TPSA) is 113 Å². The van der Waals surface area contributed by atoms with Gasteiger partial charge in [0.1, 0.15) is 48.4 Å². The molecule has 5 aromatic rings. The molecule has 1 aromatic heterocycles. The SMILES string of the molecule is c1cc2cc(Oc3nc(Oc4ccc5cc(OCC6CO6)ccc5c4)nc(N4CCOCC4)n3)ccc2cc1OCC1CO1. The van der Waals surface area contributed by atoms with Crippen molar-refractivity contribution in [2.24, 2.45) is 0 Å². The molecule has 3 aliphatic rings. The summed E-state index contributed by atoms with van der Waals surface area (Å²) in [5.41, 5.74) is 0. The monoisotopic (exact) mass is 594 g/mol. The first-order chi connectivity index (χ1) is 21.7. The van der Waals surface area contributed by atoms with Crippen LogP contribution in [0.5, 0.6) is 35.0 Å². The number of morpholine rings is 1. The average molecular weight is 595 g/mol. The van der Waals surface area contributed by atoms with E-state index in [4.69, 9.17) is 33.2 Å². The van der Waals surface area contributed by atoms with Crippen molar-refractivity contribution in [3.8, 4) is 35.0 Å². The molecule has 11 nitrogen and oxygen atoms in total. The van der Waals surface area contributed by atoms with Crippen LogP contribution in [0.1, 0.15) is 0 Å². The number of benzene rings is 4. The van der Waals surface area contributed by atoms with Crippen LogP contribution >= 0.6 is 0 Å². The van der Waals surface area contributed by atoms with E-state index in [1.165, 1.54) is 0 Å². The normalized spacial score (nSPS) is 19.1. The lowest BCUT2D eigenvalue weighted by molar-refractivity contribution is 0.122. The van der Waals surface area contributed by atoms with Crippen molar-refractivity contribution in [3.05, 3.63) is 72.8 Å². The molecule has 44 heavy (non-hydrogen) atoms. The maximum Gasteiger partial charge on any atom is 0.330 e. The highest BCUT2D eigenvalue weighted by Crippen LogP contribution is 2.31. The Kier molecular flexibility index (Phi) is 7.18. The van der Waals surface area contributed by atoms with Gasteiger partial charge in [0.15, 0.2) is 0 Å². The van der Waals surface area contributed by atoms with Gasteiger partial charge in [0.25, 0.3) is 0 Å². The Balaban J connectivity index is 1.03. The summed E-state index contributed by atoms with van der Waals surface area (Å²) in [7, 11) is 0. The molecule has 224 valence electrons. The lowest BCUT2D eigenvalue weighted by Crippen LogP contribution is -2.37. The van der Waals surface area contributed by atoms with E-state index in [0.717, 1.165) is 46.3 Å². The second-order valence-electron chi connectivity index (χ2n) is 10.9. The molecule has 3 aliphatic heterocycles. The number of hydrogen-bond donors (Lipinski definition) is 0. The van der Waals surface area contributed by atoms with Gasteiger partial charge in [-0.1, -0.05) is 24.3 Å². The number of fused-ring (bicyclic) bond motifs is 2. The molecule has 0 saturated carbocycles. The molecule has 8 rings (SSSR count). The second kappa shape index (κ2) is 11.8. The number of nitrogens with zero attached hydrogens (tertiary/aromatic N) is 4. The van der Waals surface area contributed by atoms with Gasteiger partial charge in [-0.05, 0) is 70.1 Å². The summed E-state index contributed by atoms with van der Waals surface area (Å²) < 4.78 is 40.0. The number of aromatic nitrogens is 3. The minimum Gasteiger partial charge on any atom is -0.491 e. The molecular formula is C33H30N4O7. The fourth-order valence-corrected chi connectivity index (χ4v) is 4.95. The van der Waals surface area contributed by atoms with Crippen LogP contribution in [0.2, 0.25) is 0 Å².